The lowest BCUT2D eigenvalue weighted by molar-refractivity contribution is -0.00715. The van der Waals surface area contributed by atoms with Crippen molar-refractivity contribution in [2.75, 3.05) is 25.5 Å². The second-order valence-corrected chi connectivity index (χ2v) is 6.69. The number of nitrogens with zero attached hydrogens (tertiary/aromatic N) is 4. The minimum atomic E-state index is -0.0794. The summed E-state index contributed by atoms with van der Waals surface area (Å²) in [5.41, 5.74) is 2.63. The summed E-state index contributed by atoms with van der Waals surface area (Å²) >= 11 is 0. The summed E-state index contributed by atoms with van der Waals surface area (Å²) in [4.78, 5) is 19.1. The zero-order valence-electron chi connectivity index (χ0n) is 15.9. The second kappa shape index (κ2) is 7.86. The van der Waals surface area contributed by atoms with Gasteiger partial charge in [0.2, 0.25) is 0 Å². The van der Waals surface area contributed by atoms with Crippen molar-refractivity contribution in [3.63, 3.8) is 0 Å². The van der Waals surface area contributed by atoms with Crippen LogP contribution >= 0.6 is 0 Å². The van der Waals surface area contributed by atoms with E-state index in [0.29, 0.717) is 25.3 Å². The molecule has 0 saturated heterocycles. The van der Waals surface area contributed by atoms with E-state index in [9.17, 15) is 4.79 Å². The van der Waals surface area contributed by atoms with Crippen molar-refractivity contribution in [3.05, 3.63) is 41.3 Å². The number of ether oxygens (including phenoxy) is 1. The fourth-order valence-corrected chi connectivity index (χ4v) is 3.36. The van der Waals surface area contributed by atoms with Crippen molar-refractivity contribution in [3.8, 4) is 0 Å². The van der Waals surface area contributed by atoms with Gasteiger partial charge in [0.05, 0.1) is 17.9 Å². The van der Waals surface area contributed by atoms with E-state index in [4.69, 9.17) is 4.74 Å². The first-order valence-corrected chi connectivity index (χ1v) is 9.16. The molecule has 140 valence electrons. The van der Waals surface area contributed by atoms with Gasteiger partial charge >= 0.3 is 0 Å². The van der Waals surface area contributed by atoms with Crippen LogP contribution in [0.5, 0.6) is 0 Å². The maximum atomic E-state index is 13.1. The lowest BCUT2D eigenvalue weighted by Crippen LogP contribution is -2.34. The molecule has 7 nitrogen and oxygen atoms in total. The van der Waals surface area contributed by atoms with Gasteiger partial charge in [-0.05, 0) is 32.9 Å². The number of rotatable bonds is 6. The quantitative estimate of drug-likeness (QED) is 0.860. The number of hydrogen-bond acceptors (Lipinski definition) is 5. The molecule has 2 aromatic heterocycles. The van der Waals surface area contributed by atoms with Crippen molar-refractivity contribution in [1.29, 1.82) is 0 Å². The van der Waals surface area contributed by atoms with Gasteiger partial charge in [0, 0.05) is 44.9 Å². The molecule has 7 heteroatoms. The maximum Gasteiger partial charge on any atom is 0.272 e. The van der Waals surface area contributed by atoms with Gasteiger partial charge in [0.25, 0.3) is 5.91 Å². The van der Waals surface area contributed by atoms with Crippen molar-refractivity contribution in [1.82, 2.24) is 19.7 Å². The average molecular weight is 357 g/mol. The van der Waals surface area contributed by atoms with Gasteiger partial charge in [-0.25, -0.2) is 4.98 Å². The normalized spacial score (nSPS) is 19.1. The molecule has 26 heavy (non-hydrogen) atoms. The van der Waals surface area contributed by atoms with Crippen LogP contribution in [0.4, 0.5) is 5.82 Å². The number of likely N-dealkylation sites (N-methyl/N-ethyl adjacent to an activating group) is 1. The Morgan fingerprint density at radius 3 is 2.92 bits per heavy atom. The lowest BCUT2D eigenvalue weighted by Gasteiger charge is -2.25. The summed E-state index contributed by atoms with van der Waals surface area (Å²) in [5, 5.41) is 7.87. The van der Waals surface area contributed by atoms with Crippen LogP contribution in [-0.2, 0) is 17.7 Å². The van der Waals surface area contributed by atoms with Gasteiger partial charge in [-0.3, -0.25) is 9.48 Å². The number of nitrogens with one attached hydrogen (secondary N) is 1. The highest BCUT2D eigenvalue weighted by atomic mass is 16.5. The number of pyridine rings is 1. The highest BCUT2D eigenvalue weighted by molar-refractivity contribution is 5.94. The zero-order valence-corrected chi connectivity index (χ0v) is 15.9. The van der Waals surface area contributed by atoms with E-state index >= 15 is 0 Å². The Balaban J connectivity index is 1.72. The predicted octanol–water partition coefficient (Wildman–Crippen LogP) is 2.50. The van der Waals surface area contributed by atoms with Gasteiger partial charge in [-0.1, -0.05) is 6.07 Å². The van der Waals surface area contributed by atoms with Crippen LogP contribution in [0.25, 0.3) is 0 Å². The topological polar surface area (TPSA) is 72.3 Å². The Morgan fingerprint density at radius 1 is 1.42 bits per heavy atom. The van der Waals surface area contributed by atoms with Crippen LogP contribution in [0.3, 0.4) is 0 Å². The van der Waals surface area contributed by atoms with Gasteiger partial charge in [-0.2, -0.15) is 5.10 Å². The lowest BCUT2D eigenvalue weighted by atomic mass is 9.99. The largest absolute Gasteiger partial charge is 0.369 e. The summed E-state index contributed by atoms with van der Waals surface area (Å²) in [6, 6.07) is 5.72. The molecule has 1 aliphatic rings. The van der Waals surface area contributed by atoms with Crippen molar-refractivity contribution in [2.24, 2.45) is 0 Å². The molecular weight excluding hydrogens is 330 g/mol. The van der Waals surface area contributed by atoms with Crippen molar-refractivity contribution < 1.29 is 9.53 Å². The Hall–Kier alpha value is -2.41. The molecule has 0 saturated carbocycles. The van der Waals surface area contributed by atoms with E-state index < -0.39 is 0 Å². The van der Waals surface area contributed by atoms with Crippen LogP contribution in [0, 0.1) is 0 Å². The first-order chi connectivity index (χ1) is 12.5. The van der Waals surface area contributed by atoms with Gasteiger partial charge in [-0.15, -0.1) is 0 Å². The molecule has 1 aliphatic heterocycles. The Kier molecular flexibility index (Phi) is 5.56. The number of aromatic nitrogens is 3. The molecule has 1 amide bonds. The fraction of sp³-hybridized carbons (Fsp3) is 0.526. The van der Waals surface area contributed by atoms with E-state index in [2.05, 4.69) is 15.4 Å². The number of aryl methyl sites for hydroxylation is 1. The van der Waals surface area contributed by atoms with Crippen LogP contribution in [0.15, 0.2) is 24.4 Å². The van der Waals surface area contributed by atoms with Crippen molar-refractivity contribution in [2.45, 2.75) is 45.9 Å². The van der Waals surface area contributed by atoms with Crippen LogP contribution < -0.4 is 5.32 Å². The number of carbonyl (C=O) groups excluding carboxylic acids is 1. The third kappa shape index (κ3) is 3.72. The SMILES string of the molecule is CCn1nc2c(c1C(=O)N(C)CCNc1ccccn1)C[C@H](C)O[C@@H]2C. The molecule has 2 atom stereocenters. The highest BCUT2D eigenvalue weighted by Crippen LogP contribution is 2.31. The maximum absolute atomic E-state index is 13.1. The number of amides is 1. The van der Waals surface area contributed by atoms with E-state index in [0.717, 1.165) is 23.5 Å². The Labute approximate surface area is 154 Å². The summed E-state index contributed by atoms with van der Waals surface area (Å²) in [5.74, 6) is 0.814. The molecule has 0 radical (unpaired) electrons. The monoisotopic (exact) mass is 357 g/mol. The summed E-state index contributed by atoms with van der Waals surface area (Å²) in [7, 11) is 1.83. The van der Waals surface area contributed by atoms with Crippen LogP contribution in [0.2, 0.25) is 0 Å². The molecule has 0 spiro atoms. The van der Waals surface area contributed by atoms with E-state index in [1.54, 1.807) is 11.1 Å². The van der Waals surface area contributed by atoms with Crippen LogP contribution in [-0.4, -0.2) is 51.8 Å². The number of fused-ring (bicyclic) bond motifs is 1. The molecule has 0 fully saturated rings. The minimum Gasteiger partial charge on any atom is -0.369 e. The molecule has 1 N–H and O–H groups in total. The molecule has 2 aromatic rings. The van der Waals surface area contributed by atoms with Crippen molar-refractivity contribution >= 4 is 11.7 Å². The smallest absolute Gasteiger partial charge is 0.272 e. The summed E-state index contributed by atoms with van der Waals surface area (Å²) in [6.45, 7) is 7.92. The molecular formula is C19H27N5O2. The predicted molar refractivity (Wildman–Crippen MR) is 100 cm³/mol. The second-order valence-electron chi connectivity index (χ2n) is 6.69. The standard InChI is InChI=1S/C19H27N5O2/c1-5-24-18(15-12-13(2)26-14(3)17(15)22-24)19(25)23(4)11-10-21-16-8-6-7-9-20-16/h6-9,13-14H,5,10-12H2,1-4H3,(H,20,21)/t13-,14+/m0/s1. The fourth-order valence-electron chi connectivity index (χ4n) is 3.36. The average Bonchev–Trinajstić information content (AvgIpc) is 3.00. The third-order valence-electron chi connectivity index (χ3n) is 4.66. The molecule has 3 rings (SSSR count). The molecule has 0 unspecified atom stereocenters. The van der Waals surface area contributed by atoms with Gasteiger partial charge in [0.15, 0.2) is 0 Å². The molecule has 0 bridgehead atoms. The number of anilines is 1. The Bertz CT molecular complexity index is 759. The number of hydrogen-bond donors (Lipinski definition) is 1. The van der Waals surface area contributed by atoms with Crippen LogP contribution in [0.1, 0.15) is 48.6 Å². The van der Waals surface area contributed by atoms with Gasteiger partial charge < -0.3 is 15.0 Å². The first-order valence-electron chi connectivity index (χ1n) is 9.16. The summed E-state index contributed by atoms with van der Waals surface area (Å²) in [6.07, 6.45) is 2.48. The summed E-state index contributed by atoms with van der Waals surface area (Å²) < 4.78 is 7.67. The van der Waals surface area contributed by atoms with Gasteiger partial charge in [0.1, 0.15) is 11.5 Å². The molecule has 3 heterocycles. The zero-order chi connectivity index (χ0) is 18.7. The molecule has 0 aliphatic carbocycles. The van der Waals surface area contributed by atoms with E-state index in [1.165, 1.54) is 0 Å². The highest BCUT2D eigenvalue weighted by Gasteiger charge is 2.32. The number of carbonyl (C=O) groups is 1. The first kappa shape index (κ1) is 18.4. The minimum absolute atomic E-state index is 0.00437. The van der Waals surface area contributed by atoms with E-state index in [-0.39, 0.29) is 18.1 Å². The molecule has 0 aromatic carbocycles. The Morgan fingerprint density at radius 2 is 2.23 bits per heavy atom. The van der Waals surface area contributed by atoms with E-state index in [1.807, 2.05) is 50.7 Å². The third-order valence-corrected chi connectivity index (χ3v) is 4.66.